The molecule has 1 aromatic heterocycles. The van der Waals surface area contributed by atoms with Gasteiger partial charge in [-0.15, -0.1) is 5.10 Å². The van der Waals surface area contributed by atoms with Crippen molar-refractivity contribution in [2.75, 3.05) is 5.32 Å². The van der Waals surface area contributed by atoms with Gasteiger partial charge in [-0.1, -0.05) is 17.7 Å². The number of carbonyl (C=O) groups is 1. The zero-order valence-electron chi connectivity index (χ0n) is 15.8. The van der Waals surface area contributed by atoms with Crippen molar-refractivity contribution < 1.29 is 4.79 Å². The molecule has 0 aliphatic heterocycles. The zero-order valence-corrected chi connectivity index (χ0v) is 17.4. The standard InChI is InChI=1S/C21H25BrN4O/c1-13-3-4-17(14(2)5-13)24-18(27)20-7-15-6-16(8-20)10-21(9-15,11-20)26-12-23-19(22)25-26/h3-5,12,15-16H,6-11H2,1-2H3,(H,24,27)/t15-,16-,20?,21?/m1/s1. The maximum atomic E-state index is 13.5. The highest BCUT2D eigenvalue weighted by molar-refractivity contribution is 9.10. The van der Waals surface area contributed by atoms with Gasteiger partial charge in [-0.25, -0.2) is 9.67 Å². The number of amides is 1. The van der Waals surface area contributed by atoms with Crippen molar-refractivity contribution in [3.8, 4) is 0 Å². The van der Waals surface area contributed by atoms with E-state index in [9.17, 15) is 4.79 Å². The Balaban J connectivity index is 1.47. The van der Waals surface area contributed by atoms with Gasteiger partial charge in [-0.2, -0.15) is 0 Å². The Morgan fingerprint density at radius 1 is 1.22 bits per heavy atom. The Hall–Kier alpha value is -1.69. The molecule has 5 nitrogen and oxygen atoms in total. The molecule has 2 atom stereocenters. The number of aryl methyl sites for hydroxylation is 2. The largest absolute Gasteiger partial charge is 0.325 e. The number of anilines is 1. The number of benzene rings is 1. The molecule has 1 amide bonds. The number of nitrogens with zero attached hydrogens (tertiary/aromatic N) is 3. The van der Waals surface area contributed by atoms with Crippen LogP contribution in [0, 0.1) is 31.1 Å². The summed E-state index contributed by atoms with van der Waals surface area (Å²) >= 11 is 3.39. The molecule has 1 heterocycles. The minimum atomic E-state index is -0.278. The summed E-state index contributed by atoms with van der Waals surface area (Å²) in [6.07, 6.45) is 8.24. The van der Waals surface area contributed by atoms with Gasteiger partial charge < -0.3 is 5.32 Å². The SMILES string of the molecule is Cc1ccc(NC(=O)C23C[C@H]4C[C@H](C2)CC(n2cnc(Br)n2)(C4)C3)c(C)c1. The molecule has 4 fully saturated rings. The van der Waals surface area contributed by atoms with Gasteiger partial charge in [-0.3, -0.25) is 4.79 Å². The molecule has 2 aromatic rings. The third-order valence-corrected chi connectivity index (χ3v) is 7.46. The predicted molar refractivity (Wildman–Crippen MR) is 107 cm³/mol. The lowest BCUT2D eigenvalue weighted by Crippen LogP contribution is -2.60. The van der Waals surface area contributed by atoms with Crippen LogP contribution in [0.4, 0.5) is 5.69 Å². The quantitative estimate of drug-likeness (QED) is 0.777. The van der Waals surface area contributed by atoms with Crippen LogP contribution in [0.5, 0.6) is 0 Å². The second kappa shape index (κ2) is 5.90. The second-order valence-electron chi connectivity index (χ2n) is 9.20. The molecule has 4 bridgehead atoms. The summed E-state index contributed by atoms with van der Waals surface area (Å²) in [5.41, 5.74) is 2.96. The molecule has 4 aliphatic carbocycles. The van der Waals surface area contributed by atoms with E-state index in [1.165, 1.54) is 12.0 Å². The molecule has 0 unspecified atom stereocenters. The van der Waals surface area contributed by atoms with Gasteiger partial charge in [-0.05, 0) is 91.8 Å². The Kier molecular flexibility index (Phi) is 3.81. The van der Waals surface area contributed by atoms with Crippen LogP contribution in [-0.4, -0.2) is 20.7 Å². The summed E-state index contributed by atoms with van der Waals surface area (Å²) in [6, 6.07) is 6.23. The molecule has 6 rings (SSSR count). The minimum absolute atomic E-state index is 0.0528. The van der Waals surface area contributed by atoms with Gasteiger partial charge in [0.15, 0.2) is 0 Å². The molecule has 0 spiro atoms. The van der Waals surface area contributed by atoms with Crippen LogP contribution in [0.1, 0.15) is 49.7 Å². The molecular weight excluding hydrogens is 404 g/mol. The molecule has 1 aromatic carbocycles. The number of rotatable bonds is 3. The molecule has 0 saturated heterocycles. The lowest BCUT2D eigenvalue weighted by Gasteiger charge is -2.60. The highest BCUT2D eigenvalue weighted by atomic mass is 79.9. The van der Waals surface area contributed by atoms with Crippen molar-refractivity contribution in [1.82, 2.24) is 14.8 Å². The highest BCUT2D eigenvalue weighted by Gasteiger charge is 2.61. The number of nitrogens with one attached hydrogen (secondary N) is 1. The van der Waals surface area contributed by atoms with Crippen molar-refractivity contribution in [3.63, 3.8) is 0 Å². The number of hydrogen-bond acceptors (Lipinski definition) is 3. The van der Waals surface area contributed by atoms with E-state index in [-0.39, 0.29) is 16.9 Å². The van der Waals surface area contributed by atoms with Crippen molar-refractivity contribution >= 4 is 27.5 Å². The van der Waals surface area contributed by atoms with E-state index in [1.807, 2.05) is 17.1 Å². The third kappa shape index (κ3) is 2.75. The van der Waals surface area contributed by atoms with E-state index in [2.05, 4.69) is 57.3 Å². The van der Waals surface area contributed by atoms with E-state index >= 15 is 0 Å². The fourth-order valence-electron chi connectivity index (χ4n) is 6.43. The Labute approximate surface area is 168 Å². The monoisotopic (exact) mass is 428 g/mol. The fraction of sp³-hybridized carbons (Fsp3) is 0.571. The van der Waals surface area contributed by atoms with E-state index < -0.39 is 0 Å². The van der Waals surface area contributed by atoms with Gasteiger partial charge in [0, 0.05) is 5.69 Å². The van der Waals surface area contributed by atoms with Gasteiger partial charge in [0.25, 0.3) is 0 Å². The minimum Gasteiger partial charge on any atom is -0.325 e. The molecule has 0 radical (unpaired) electrons. The molecule has 4 saturated carbocycles. The number of halogens is 1. The van der Waals surface area contributed by atoms with E-state index in [4.69, 9.17) is 0 Å². The van der Waals surface area contributed by atoms with E-state index in [0.717, 1.165) is 43.4 Å². The summed E-state index contributed by atoms with van der Waals surface area (Å²) < 4.78 is 2.68. The summed E-state index contributed by atoms with van der Waals surface area (Å²) in [4.78, 5) is 17.8. The number of hydrogen-bond donors (Lipinski definition) is 1. The average Bonchev–Trinajstić information content (AvgIpc) is 3.03. The van der Waals surface area contributed by atoms with E-state index in [0.29, 0.717) is 16.6 Å². The van der Waals surface area contributed by atoms with Crippen LogP contribution in [0.25, 0.3) is 0 Å². The summed E-state index contributed by atoms with van der Waals surface area (Å²) in [6.45, 7) is 4.15. The first-order valence-electron chi connectivity index (χ1n) is 9.84. The molecule has 1 N–H and O–H groups in total. The maximum absolute atomic E-state index is 13.5. The van der Waals surface area contributed by atoms with Gasteiger partial charge in [0.2, 0.25) is 10.6 Å². The van der Waals surface area contributed by atoms with Crippen LogP contribution in [0.2, 0.25) is 0 Å². The van der Waals surface area contributed by atoms with Crippen molar-refractivity contribution in [3.05, 3.63) is 40.4 Å². The molecular formula is C21H25BrN4O. The molecule has 6 heteroatoms. The van der Waals surface area contributed by atoms with Crippen molar-refractivity contribution in [1.29, 1.82) is 0 Å². The van der Waals surface area contributed by atoms with Crippen molar-refractivity contribution in [2.24, 2.45) is 17.3 Å². The second-order valence-corrected chi connectivity index (χ2v) is 9.91. The third-order valence-electron chi connectivity index (χ3n) is 7.09. The lowest BCUT2D eigenvalue weighted by atomic mass is 9.46. The van der Waals surface area contributed by atoms with Crippen molar-refractivity contribution in [2.45, 2.75) is 57.9 Å². The average molecular weight is 429 g/mol. The van der Waals surface area contributed by atoms with Crippen LogP contribution in [0.3, 0.4) is 0 Å². The summed E-state index contributed by atoms with van der Waals surface area (Å²) in [5.74, 6) is 1.42. The van der Waals surface area contributed by atoms with Gasteiger partial charge in [0.1, 0.15) is 6.33 Å². The first-order valence-corrected chi connectivity index (χ1v) is 10.6. The Morgan fingerprint density at radius 2 is 1.96 bits per heavy atom. The zero-order chi connectivity index (χ0) is 18.8. The van der Waals surface area contributed by atoms with E-state index in [1.54, 1.807) is 0 Å². The smallest absolute Gasteiger partial charge is 0.230 e. The molecule has 142 valence electrons. The Morgan fingerprint density at radius 3 is 2.59 bits per heavy atom. The normalized spacial score (nSPS) is 34.0. The fourth-order valence-corrected chi connectivity index (χ4v) is 6.69. The maximum Gasteiger partial charge on any atom is 0.230 e. The van der Waals surface area contributed by atoms with Crippen LogP contribution in [0.15, 0.2) is 29.3 Å². The predicted octanol–water partition coefficient (Wildman–Crippen LogP) is 4.59. The van der Waals surface area contributed by atoms with Crippen LogP contribution < -0.4 is 5.32 Å². The number of carbonyl (C=O) groups excluding carboxylic acids is 1. The van der Waals surface area contributed by atoms with Gasteiger partial charge in [0.05, 0.1) is 11.0 Å². The summed E-state index contributed by atoms with van der Waals surface area (Å²) in [5, 5.41) is 7.86. The van der Waals surface area contributed by atoms with Crippen LogP contribution >= 0.6 is 15.9 Å². The summed E-state index contributed by atoms with van der Waals surface area (Å²) in [7, 11) is 0. The molecule has 4 aliphatic rings. The number of aromatic nitrogens is 3. The first kappa shape index (κ1) is 17.4. The first-order chi connectivity index (χ1) is 12.9. The highest BCUT2D eigenvalue weighted by Crippen LogP contribution is 2.64. The van der Waals surface area contributed by atoms with Crippen LogP contribution in [-0.2, 0) is 10.3 Å². The topological polar surface area (TPSA) is 59.8 Å². The van der Waals surface area contributed by atoms with Gasteiger partial charge >= 0.3 is 0 Å². The molecule has 27 heavy (non-hydrogen) atoms. The Bertz CT molecular complexity index is 907. The lowest BCUT2D eigenvalue weighted by molar-refractivity contribution is -0.150.